The minimum atomic E-state index is -0.0350. The summed E-state index contributed by atoms with van der Waals surface area (Å²) >= 11 is 1.90. The van der Waals surface area contributed by atoms with E-state index in [2.05, 4.69) is 9.97 Å². The molecule has 3 N–H and O–H groups in total. The Balaban J connectivity index is 1.74. The summed E-state index contributed by atoms with van der Waals surface area (Å²) in [7, 11) is 0. The summed E-state index contributed by atoms with van der Waals surface area (Å²) < 4.78 is 0. The van der Waals surface area contributed by atoms with E-state index in [4.69, 9.17) is 5.73 Å². The van der Waals surface area contributed by atoms with E-state index in [1.165, 1.54) is 19.3 Å². The number of thioether (sulfide) groups is 1. The molecule has 4 nitrogen and oxygen atoms in total. The standard InChI is InChI=1S/C17H23N3OS/c1-11-4-2-7-14-16(11)19-15(20-17(14)21)10-22-13-6-3-5-12(18)8-9-13/h2,4,7,12-13H,3,5-6,8-10,18H2,1H3,(H,19,20,21)/t12-,13+/m1/s1. The van der Waals surface area contributed by atoms with Crippen LogP contribution in [0.3, 0.4) is 0 Å². The predicted molar refractivity (Wildman–Crippen MR) is 93.2 cm³/mol. The molecule has 2 atom stereocenters. The van der Waals surface area contributed by atoms with Gasteiger partial charge in [0.25, 0.3) is 5.56 Å². The molecule has 118 valence electrons. The van der Waals surface area contributed by atoms with Crippen molar-refractivity contribution in [2.75, 3.05) is 0 Å². The van der Waals surface area contributed by atoms with E-state index in [0.29, 0.717) is 16.7 Å². The van der Waals surface area contributed by atoms with Crippen molar-refractivity contribution in [3.63, 3.8) is 0 Å². The molecule has 1 aliphatic carbocycles. The van der Waals surface area contributed by atoms with Gasteiger partial charge in [-0.05, 0) is 44.2 Å². The molecule has 0 saturated heterocycles. The molecule has 0 bridgehead atoms. The third-order valence-corrected chi connectivity index (χ3v) is 5.79. The maximum atomic E-state index is 12.2. The SMILES string of the molecule is Cc1cccc2c(=O)[nH]c(CS[C@H]3CCC[C@@H](N)CC3)nc12. The highest BCUT2D eigenvalue weighted by molar-refractivity contribution is 7.99. The summed E-state index contributed by atoms with van der Waals surface area (Å²) in [5.74, 6) is 1.55. The van der Waals surface area contributed by atoms with Crippen LogP contribution in [0.1, 0.15) is 43.5 Å². The molecule has 0 radical (unpaired) electrons. The maximum Gasteiger partial charge on any atom is 0.258 e. The number of aromatic nitrogens is 2. The highest BCUT2D eigenvalue weighted by atomic mass is 32.2. The van der Waals surface area contributed by atoms with E-state index in [0.717, 1.165) is 35.5 Å². The number of para-hydroxylation sites is 1. The Morgan fingerprint density at radius 2 is 2.18 bits per heavy atom. The van der Waals surface area contributed by atoms with Gasteiger partial charge in [0.05, 0.1) is 16.7 Å². The highest BCUT2D eigenvalue weighted by Gasteiger charge is 2.17. The van der Waals surface area contributed by atoms with Gasteiger partial charge in [-0.1, -0.05) is 18.6 Å². The molecule has 0 aliphatic heterocycles. The first-order valence-corrected chi connectivity index (χ1v) is 9.04. The Labute approximate surface area is 134 Å². The van der Waals surface area contributed by atoms with E-state index in [1.807, 2.05) is 36.9 Å². The molecule has 0 unspecified atom stereocenters. The number of hydrogen-bond acceptors (Lipinski definition) is 4. The van der Waals surface area contributed by atoms with Crippen molar-refractivity contribution in [2.45, 2.75) is 56.1 Å². The summed E-state index contributed by atoms with van der Waals surface area (Å²) in [6.45, 7) is 2.00. The zero-order valence-electron chi connectivity index (χ0n) is 13.0. The van der Waals surface area contributed by atoms with E-state index in [1.54, 1.807) is 0 Å². The predicted octanol–water partition coefficient (Wildman–Crippen LogP) is 3.12. The lowest BCUT2D eigenvalue weighted by molar-refractivity contribution is 0.584. The van der Waals surface area contributed by atoms with Gasteiger partial charge < -0.3 is 10.7 Å². The molecule has 1 aliphatic rings. The average molecular weight is 317 g/mol. The quantitative estimate of drug-likeness (QED) is 0.853. The summed E-state index contributed by atoms with van der Waals surface area (Å²) in [4.78, 5) is 19.8. The second-order valence-electron chi connectivity index (χ2n) is 6.19. The number of benzene rings is 1. The fraction of sp³-hybridized carbons (Fsp3) is 0.529. The molecule has 1 aromatic heterocycles. The number of aromatic amines is 1. The van der Waals surface area contributed by atoms with Crippen LogP contribution in [-0.2, 0) is 5.75 Å². The summed E-state index contributed by atoms with van der Waals surface area (Å²) in [6, 6.07) is 6.10. The maximum absolute atomic E-state index is 12.2. The van der Waals surface area contributed by atoms with Crippen molar-refractivity contribution < 1.29 is 0 Å². The van der Waals surface area contributed by atoms with Gasteiger partial charge in [0.1, 0.15) is 5.82 Å². The molecule has 22 heavy (non-hydrogen) atoms. The molecular weight excluding hydrogens is 294 g/mol. The number of rotatable bonds is 3. The summed E-state index contributed by atoms with van der Waals surface area (Å²) in [5.41, 5.74) is 7.87. The molecule has 3 rings (SSSR count). The molecule has 0 spiro atoms. The minimum Gasteiger partial charge on any atom is -0.328 e. The lowest BCUT2D eigenvalue weighted by Crippen LogP contribution is -2.18. The van der Waals surface area contributed by atoms with Crippen LogP contribution >= 0.6 is 11.8 Å². The number of hydrogen-bond donors (Lipinski definition) is 2. The molecule has 1 saturated carbocycles. The van der Waals surface area contributed by atoms with E-state index >= 15 is 0 Å². The van der Waals surface area contributed by atoms with Gasteiger partial charge in [0, 0.05) is 11.3 Å². The van der Waals surface area contributed by atoms with Crippen LogP contribution in [0.15, 0.2) is 23.0 Å². The first kappa shape index (κ1) is 15.6. The Kier molecular flexibility index (Phi) is 4.84. The van der Waals surface area contributed by atoms with E-state index < -0.39 is 0 Å². The lowest BCUT2D eigenvalue weighted by atomic mass is 10.1. The Bertz CT molecular complexity index is 713. The van der Waals surface area contributed by atoms with Crippen LogP contribution in [0, 0.1) is 6.92 Å². The normalized spacial score (nSPS) is 22.6. The van der Waals surface area contributed by atoms with Gasteiger partial charge in [-0.25, -0.2) is 4.98 Å². The fourth-order valence-corrected chi connectivity index (χ4v) is 4.25. The molecule has 1 heterocycles. The summed E-state index contributed by atoms with van der Waals surface area (Å²) in [6.07, 6.45) is 5.84. The van der Waals surface area contributed by atoms with Crippen molar-refractivity contribution in [1.29, 1.82) is 0 Å². The molecule has 1 fully saturated rings. The monoisotopic (exact) mass is 317 g/mol. The van der Waals surface area contributed by atoms with Crippen molar-refractivity contribution in [3.8, 4) is 0 Å². The van der Waals surface area contributed by atoms with E-state index in [-0.39, 0.29) is 5.56 Å². The molecule has 0 amide bonds. The average Bonchev–Trinajstić information content (AvgIpc) is 2.71. The lowest BCUT2D eigenvalue weighted by Gasteiger charge is -2.13. The van der Waals surface area contributed by atoms with Crippen molar-refractivity contribution in [1.82, 2.24) is 9.97 Å². The number of nitrogens with two attached hydrogens (primary N) is 1. The highest BCUT2D eigenvalue weighted by Crippen LogP contribution is 2.28. The van der Waals surface area contributed by atoms with Gasteiger partial charge in [0.2, 0.25) is 0 Å². The number of fused-ring (bicyclic) bond motifs is 1. The largest absolute Gasteiger partial charge is 0.328 e. The minimum absolute atomic E-state index is 0.0350. The van der Waals surface area contributed by atoms with Crippen LogP contribution < -0.4 is 11.3 Å². The third-order valence-electron chi connectivity index (χ3n) is 4.40. The molecule has 1 aromatic carbocycles. The molecule has 5 heteroatoms. The zero-order chi connectivity index (χ0) is 15.5. The van der Waals surface area contributed by atoms with E-state index in [9.17, 15) is 4.79 Å². The van der Waals surface area contributed by atoms with Gasteiger partial charge >= 0.3 is 0 Å². The number of nitrogens with one attached hydrogen (secondary N) is 1. The molecular formula is C17H23N3OS. The molecule has 2 aromatic rings. The number of H-pyrrole nitrogens is 1. The Hall–Kier alpha value is -1.33. The van der Waals surface area contributed by atoms with Crippen LogP contribution in [0.25, 0.3) is 10.9 Å². The second kappa shape index (κ2) is 6.84. The van der Waals surface area contributed by atoms with Crippen LogP contribution in [0.5, 0.6) is 0 Å². The third kappa shape index (κ3) is 3.52. The van der Waals surface area contributed by atoms with Crippen molar-refractivity contribution in [3.05, 3.63) is 39.9 Å². The van der Waals surface area contributed by atoms with Gasteiger partial charge in [0.15, 0.2) is 0 Å². The number of nitrogens with zero attached hydrogens (tertiary/aromatic N) is 1. The Morgan fingerprint density at radius 3 is 3.05 bits per heavy atom. The van der Waals surface area contributed by atoms with Crippen LogP contribution in [0.2, 0.25) is 0 Å². The van der Waals surface area contributed by atoms with Gasteiger partial charge in [-0.3, -0.25) is 4.79 Å². The van der Waals surface area contributed by atoms with Crippen molar-refractivity contribution in [2.24, 2.45) is 5.73 Å². The zero-order valence-corrected chi connectivity index (χ0v) is 13.8. The second-order valence-corrected chi connectivity index (χ2v) is 7.47. The fourth-order valence-electron chi connectivity index (χ4n) is 3.08. The Morgan fingerprint density at radius 1 is 1.32 bits per heavy atom. The first-order chi connectivity index (χ1) is 10.6. The van der Waals surface area contributed by atoms with Gasteiger partial charge in [-0.15, -0.1) is 0 Å². The van der Waals surface area contributed by atoms with Crippen LogP contribution in [-0.4, -0.2) is 21.3 Å². The van der Waals surface area contributed by atoms with Crippen molar-refractivity contribution >= 4 is 22.7 Å². The number of aryl methyl sites for hydroxylation is 1. The van der Waals surface area contributed by atoms with Crippen LogP contribution in [0.4, 0.5) is 0 Å². The first-order valence-electron chi connectivity index (χ1n) is 7.99. The smallest absolute Gasteiger partial charge is 0.258 e. The topological polar surface area (TPSA) is 71.8 Å². The summed E-state index contributed by atoms with van der Waals surface area (Å²) in [5, 5.41) is 1.31. The van der Waals surface area contributed by atoms with Gasteiger partial charge in [-0.2, -0.15) is 11.8 Å².